The third-order valence-corrected chi connectivity index (χ3v) is 2.85. The summed E-state index contributed by atoms with van der Waals surface area (Å²) < 4.78 is 32.5. The van der Waals surface area contributed by atoms with Crippen molar-refractivity contribution in [2.45, 2.75) is 6.43 Å². The lowest BCUT2D eigenvalue weighted by Gasteiger charge is -2.04. The van der Waals surface area contributed by atoms with Gasteiger partial charge in [0.1, 0.15) is 10.4 Å². The SMILES string of the molecule is FC(F)c1nnc2ccc(Oc3ccc(Br)nc3)nn12. The van der Waals surface area contributed by atoms with Gasteiger partial charge in [-0.1, -0.05) is 0 Å². The van der Waals surface area contributed by atoms with Crippen LogP contribution >= 0.6 is 15.9 Å². The van der Waals surface area contributed by atoms with Gasteiger partial charge in [0.25, 0.3) is 6.43 Å². The predicted octanol–water partition coefficient (Wildman–Crippen LogP) is 3.01. The molecule has 3 aromatic rings. The number of hydrogen-bond donors (Lipinski definition) is 0. The van der Waals surface area contributed by atoms with E-state index in [2.05, 4.69) is 36.2 Å². The summed E-state index contributed by atoms with van der Waals surface area (Å²) in [5, 5.41) is 10.9. The molecule has 0 aromatic carbocycles. The van der Waals surface area contributed by atoms with Gasteiger partial charge >= 0.3 is 0 Å². The van der Waals surface area contributed by atoms with Crippen LogP contribution in [0.5, 0.6) is 11.6 Å². The normalized spacial score (nSPS) is 11.2. The van der Waals surface area contributed by atoms with E-state index in [1.807, 2.05) is 0 Å². The Morgan fingerprint density at radius 2 is 2.00 bits per heavy atom. The van der Waals surface area contributed by atoms with Crippen LogP contribution in [0.3, 0.4) is 0 Å². The summed E-state index contributed by atoms with van der Waals surface area (Å²) in [7, 11) is 0. The fourth-order valence-corrected chi connectivity index (χ4v) is 1.76. The van der Waals surface area contributed by atoms with Crippen molar-refractivity contribution in [3.8, 4) is 11.6 Å². The largest absolute Gasteiger partial charge is 0.436 e. The Morgan fingerprint density at radius 3 is 2.70 bits per heavy atom. The van der Waals surface area contributed by atoms with Gasteiger partial charge in [-0.15, -0.1) is 15.3 Å². The first-order valence-electron chi connectivity index (χ1n) is 5.43. The smallest absolute Gasteiger partial charge is 0.299 e. The van der Waals surface area contributed by atoms with E-state index >= 15 is 0 Å². The quantitative estimate of drug-likeness (QED) is 0.685. The molecule has 102 valence electrons. The number of nitrogens with zero attached hydrogens (tertiary/aromatic N) is 5. The van der Waals surface area contributed by atoms with E-state index < -0.39 is 12.2 Å². The van der Waals surface area contributed by atoms with Crippen molar-refractivity contribution < 1.29 is 13.5 Å². The minimum Gasteiger partial charge on any atom is -0.436 e. The maximum Gasteiger partial charge on any atom is 0.299 e. The van der Waals surface area contributed by atoms with Gasteiger partial charge < -0.3 is 4.74 Å². The maximum atomic E-state index is 12.7. The van der Waals surface area contributed by atoms with Crippen molar-refractivity contribution in [3.63, 3.8) is 0 Å². The number of alkyl halides is 2. The predicted molar refractivity (Wildman–Crippen MR) is 67.8 cm³/mol. The molecule has 0 unspecified atom stereocenters. The lowest BCUT2D eigenvalue weighted by atomic mass is 10.4. The molecule has 0 N–H and O–H groups in total. The Balaban J connectivity index is 1.95. The number of aromatic nitrogens is 5. The van der Waals surface area contributed by atoms with Crippen LogP contribution in [0.2, 0.25) is 0 Å². The molecule has 0 aliphatic rings. The molecule has 3 aromatic heterocycles. The van der Waals surface area contributed by atoms with Crippen LogP contribution in [0.15, 0.2) is 35.1 Å². The van der Waals surface area contributed by atoms with Gasteiger partial charge in [-0.3, -0.25) is 0 Å². The standard InChI is InChI=1S/C11H6BrF2N5O/c12-7-2-1-6(5-15-7)20-9-4-3-8-16-17-11(10(13)14)19(8)18-9/h1-5,10H. The van der Waals surface area contributed by atoms with Gasteiger partial charge in [-0.05, 0) is 34.1 Å². The highest BCUT2D eigenvalue weighted by molar-refractivity contribution is 9.10. The van der Waals surface area contributed by atoms with E-state index in [1.165, 1.54) is 18.3 Å². The molecule has 0 radical (unpaired) electrons. The summed E-state index contributed by atoms with van der Waals surface area (Å²) in [6.07, 6.45) is -1.28. The van der Waals surface area contributed by atoms with Crippen LogP contribution in [0.25, 0.3) is 5.65 Å². The monoisotopic (exact) mass is 341 g/mol. The van der Waals surface area contributed by atoms with Gasteiger partial charge in [-0.2, -0.15) is 4.52 Å². The van der Waals surface area contributed by atoms with Crippen molar-refractivity contribution in [3.05, 3.63) is 40.9 Å². The molecule has 9 heteroatoms. The molecule has 0 aliphatic heterocycles. The summed E-state index contributed by atoms with van der Waals surface area (Å²) in [5.41, 5.74) is 0.224. The molecule has 0 amide bonds. The van der Waals surface area contributed by atoms with E-state index in [0.29, 0.717) is 10.4 Å². The first-order chi connectivity index (χ1) is 9.63. The number of hydrogen-bond acceptors (Lipinski definition) is 5. The van der Waals surface area contributed by atoms with E-state index in [4.69, 9.17) is 4.74 Å². The highest BCUT2D eigenvalue weighted by Gasteiger charge is 2.17. The van der Waals surface area contributed by atoms with E-state index in [-0.39, 0.29) is 11.5 Å². The lowest BCUT2D eigenvalue weighted by molar-refractivity contribution is 0.137. The van der Waals surface area contributed by atoms with Crippen LogP contribution in [-0.4, -0.2) is 24.8 Å². The minimum atomic E-state index is -2.76. The molecule has 0 saturated heterocycles. The second-order valence-electron chi connectivity index (χ2n) is 3.72. The maximum absolute atomic E-state index is 12.7. The van der Waals surface area contributed by atoms with Gasteiger partial charge in [0.15, 0.2) is 5.65 Å². The second kappa shape index (κ2) is 5.08. The molecular weight excluding hydrogens is 336 g/mol. The number of pyridine rings is 1. The van der Waals surface area contributed by atoms with Crippen LogP contribution in [-0.2, 0) is 0 Å². The van der Waals surface area contributed by atoms with Crippen LogP contribution in [0.4, 0.5) is 8.78 Å². The summed E-state index contributed by atoms with van der Waals surface area (Å²) in [6, 6.07) is 6.37. The second-order valence-corrected chi connectivity index (χ2v) is 4.53. The Labute approximate surface area is 119 Å². The molecule has 0 spiro atoms. The molecular formula is C11H6BrF2N5O. The van der Waals surface area contributed by atoms with Crippen molar-refractivity contribution >= 4 is 21.6 Å². The molecule has 0 aliphatic carbocycles. The molecule has 3 heterocycles. The summed E-state index contributed by atoms with van der Waals surface area (Å²) in [6.45, 7) is 0. The van der Waals surface area contributed by atoms with Crippen LogP contribution in [0, 0.1) is 0 Å². The average Bonchev–Trinajstić information content (AvgIpc) is 2.84. The first kappa shape index (κ1) is 12.9. The Morgan fingerprint density at radius 1 is 1.15 bits per heavy atom. The molecule has 0 atom stereocenters. The summed E-state index contributed by atoms with van der Waals surface area (Å²) in [5.74, 6) is 0.0504. The molecule has 0 saturated carbocycles. The number of rotatable bonds is 3. The Kier molecular flexibility index (Phi) is 3.26. The van der Waals surface area contributed by atoms with Crippen molar-refractivity contribution in [1.82, 2.24) is 24.8 Å². The van der Waals surface area contributed by atoms with Gasteiger partial charge in [-0.25, -0.2) is 13.8 Å². The van der Waals surface area contributed by atoms with Gasteiger partial charge in [0.2, 0.25) is 11.7 Å². The van der Waals surface area contributed by atoms with Crippen molar-refractivity contribution in [2.24, 2.45) is 0 Å². The van der Waals surface area contributed by atoms with Crippen LogP contribution in [0.1, 0.15) is 12.2 Å². The van der Waals surface area contributed by atoms with Crippen LogP contribution < -0.4 is 4.74 Å². The summed E-state index contributed by atoms with van der Waals surface area (Å²) in [4.78, 5) is 3.99. The Bertz CT molecular complexity index is 746. The molecule has 6 nitrogen and oxygen atoms in total. The molecule has 20 heavy (non-hydrogen) atoms. The number of halogens is 3. The van der Waals surface area contributed by atoms with E-state index in [9.17, 15) is 8.78 Å². The lowest BCUT2D eigenvalue weighted by Crippen LogP contribution is -2.01. The highest BCUT2D eigenvalue weighted by Crippen LogP contribution is 2.22. The average molecular weight is 342 g/mol. The third-order valence-electron chi connectivity index (χ3n) is 2.38. The zero-order valence-corrected chi connectivity index (χ0v) is 11.3. The topological polar surface area (TPSA) is 65.2 Å². The summed E-state index contributed by atoms with van der Waals surface area (Å²) >= 11 is 3.20. The number of fused-ring (bicyclic) bond motifs is 1. The zero-order chi connectivity index (χ0) is 14.1. The van der Waals surface area contributed by atoms with E-state index in [0.717, 1.165) is 4.52 Å². The Hall–Kier alpha value is -2.16. The third kappa shape index (κ3) is 2.44. The van der Waals surface area contributed by atoms with Crippen molar-refractivity contribution in [1.29, 1.82) is 0 Å². The van der Waals surface area contributed by atoms with Gasteiger partial charge in [0, 0.05) is 6.07 Å². The zero-order valence-electron chi connectivity index (χ0n) is 9.74. The molecule has 0 fully saturated rings. The fourth-order valence-electron chi connectivity index (χ4n) is 1.52. The van der Waals surface area contributed by atoms with Crippen molar-refractivity contribution in [2.75, 3.05) is 0 Å². The number of ether oxygens (including phenoxy) is 1. The highest BCUT2D eigenvalue weighted by atomic mass is 79.9. The molecule has 3 rings (SSSR count). The van der Waals surface area contributed by atoms with Gasteiger partial charge in [0.05, 0.1) is 6.20 Å². The van der Waals surface area contributed by atoms with E-state index in [1.54, 1.807) is 12.1 Å². The first-order valence-corrected chi connectivity index (χ1v) is 6.23. The fraction of sp³-hybridized carbons (Fsp3) is 0.0909. The minimum absolute atomic E-state index is 0.142. The molecule has 0 bridgehead atoms.